The van der Waals surface area contributed by atoms with Gasteiger partial charge in [-0.2, -0.15) is 0 Å². The molecular formula is C32H34N4O3. The average molecular weight is 523 g/mol. The Labute approximate surface area is 229 Å². The van der Waals surface area contributed by atoms with Crippen LogP contribution < -0.4 is 10.1 Å². The van der Waals surface area contributed by atoms with Gasteiger partial charge in [-0.25, -0.2) is 4.79 Å². The van der Waals surface area contributed by atoms with Crippen molar-refractivity contribution in [3.8, 4) is 11.5 Å². The molecule has 3 amide bonds. The van der Waals surface area contributed by atoms with E-state index in [-0.39, 0.29) is 24.5 Å². The fourth-order valence-corrected chi connectivity index (χ4v) is 5.08. The number of anilines is 1. The number of amides is 3. The normalized spacial score (nSPS) is 14.4. The Morgan fingerprint density at radius 2 is 1.72 bits per heavy atom. The van der Waals surface area contributed by atoms with Crippen LogP contribution in [0.25, 0.3) is 0 Å². The first-order chi connectivity index (χ1) is 19.0. The van der Waals surface area contributed by atoms with Gasteiger partial charge >= 0.3 is 6.03 Å². The molecule has 0 saturated carbocycles. The predicted octanol–water partition coefficient (Wildman–Crippen LogP) is 6.46. The van der Waals surface area contributed by atoms with E-state index in [1.54, 1.807) is 4.90 Å². The molecule has 1 atom stereocenters. The lowest BCUT2D eigenvalue weighted by atomic mass is 9.99. The van der Waals surface area contributed by atoms with Gasteiger partial charge < -0.3 is 24.4 Å². The summed E-state index contributed by atoms with van der Waals surface area (Å²) in [5, 5.41) is 2.96. The van der Waals surface area contributed by atoms with E-state index in [0.29, 0.717) is 25.4 Å². The van der Waals surface area contributed by atoms with Crippen molar-refractivity contribution in [1.29, 1.82) is 0 Å². The van der Waals surface area contributed by atoms with E-state index in [9.17, 15) is 9.59 Å². The first-order valence-corrected chi connectivity index (χ1v) is 13.4. The second-order valence-electron chi connectivity index (χ2n) is 9.82. The maximum absolute atomic E-state index is 13.8. The van der Waals surface area contributed by atoms with Crippen LogP contribution in [0.5, 0.6) is 11.5 Å². The molecule has 7 nitrogen and oxygen atoms in total. The highest BCUT2D eigenvalue weighted by atomic mass is 16.5. The van der Waals surface area contributed by atoms with E-state index in [0.717, 1.165) is 34.7 Å². The molecule has 1 aromatic heterocycles. The summed E-state index contributed by atoms with van der Waals surface area (Å²) >= 11 is 0. The Bertz CT molecular complexity index is 1430. The minimum absolute atomic E-state index is 0.00288. The van der Waals surface area contributed by atoms with Crippen LogP contribution in [0.15, 0.2) is 97.2 Å². The van der Waals surface area contributed by atoms with Crippen molar-refractivity contribution in [3.05, 3.63) is 114 Å². The molecule has 2 heterocycles. The number of fused-ring (bicyclic) bond motifs is 1. The van der Waals surface area contributed by atoms with Gasteiger partial charge in [0.05, 0.1) is 6.04 Å². The van der Waals surface area contributed by atoms with E-state index in [2.05, 4.69) is 16.0 Å². The van der Waals surface area contributed by atoms with Crippen molar-refractivity contribution in [1.82, 2.24) is 14.4 Å². The zero-order valence-electron chi connectivity index (χ0n) is 22.4. The van der Waals surface area contributed by atoms with Crippen molar-refractivity contribution >= 4 is 17.6 Å². The van der Waals surface area contributed by atoms with Gasteiger partial charge in [-0.05, 0) is 73.0 Å². The van der Waals surface area contributed by atoms with Crippen LogP contribution in [0.1, 0.15) is 36.2 Å². The molecule has 7 heteroatoms. The largest absolute Gasteiger partial charge is 0.457 e. The maximum Gasteiger partial charge on any atom is 0.322 e. The number of nitrogens with zero attached hydrogens (tertiary/aromatic N) is 3. The van der Waals surface area contributed by atoms with E-state index < -0.39 is 0 Å². The highest BCUT2D eigenvalue weighted by molar-refractivity contribution is 5.92. The smallest absolute Gasteiger partial charge is 0.322 e. The lowest BCUT2D eigenvalue weighted by molar-refractivity contribution is -0.134. The number of rotatable bonds is 8. The van der Waals surface area contributed by atoms with Crippen LogP contribution in [0.3, 0.4) is 0 Å². The molecule has 0 radical (unpaired) electrons. The summed E-state index contributed by atoms with van der Waals surface area (Å²) in [5.74, 6) is 1.37. The van der Waals surface area contributed by atoms with Gasteiger partial charge in [-0.1, -0.05) is 49.4 Å². The van der Waals surface area contributed by atoms with Crippen molar-refractivity contribution in [3.63, 3.8) is 0 Å². The molecule has 0 fully saturated rings. The number of para-hydroxylation sites is 1. The summed E-state index contributed by atoms with van der Waals surface area (Å²) in [5.41, 5.74) is 3.78. The first kappa shape index (κ1) is 26.1. The standard InChI is InChI=1S/C32H34N4O3/c1-3-17-35(32(38)33-26-12-7-10-24(2)21-26)23-30(37)36-20-19-34-18-9-16-29(34)31(36)25-11-8-15-28(22-25)39-27-13-5-4-6-14-27/h4-16,18,21-22,31H,3,17,19-20,23H2,1-2H3,(H,33,38). The Morgan fingerprint density at radius 1 is 0.923 bits per heavy atom. The van der Waals surface area contributed by atoms with Crippen LogP contribution in [0.4, 0.5) is 10.5 Å². The van der Waals surface area contributed by atoms with Crippen LogP contribution in [-0.2, 0) is 11.3 Å². The van der Waals surface area contributed by atoms with Gasteiger partial charge in [-0.3, -0.25) is 4.79 Å². The molecule has 4 aromatic rings. The summed E-state index contributed by atoms with van der Waals surface area (Å²) < 4.78 is 8.28. The predicted molar refractivity (Wildman–Crippen MR) is 153 cm³/mol. The third kappa shape index (κ3) is 6.14. The van der Waals surface area contributed by atoms with Crippen molar-refractivity contribution < 1.29 is 14.3 Å². The molecule has 3 aromatic carbocycles. The van der Waals surface area contributed by atoms with E-state index >= 15 is 0 Å². The summed E-state index contributed by atoms with van der Waals surface area (Å²) in [6.07, 6.45) is 2.80. The number of ether oxygens (including phenoxy) is 1. The SMILES string of the molecule is CCCN(CC(=O)N1CCn2cccc2C1c1cccc(Oc2ccccc2)c1)C(=O)Nc1cccc(C)c1. The van der Waals surface area contributed by atoms with Gasteiger partial charge in [0, 0.05) is 37.2 Å². The van der Waals surface area contributed by atoms with Crippen LogP contribution in [-0.4, -0.2) is 45.9 Å². The zero-order valence-corrected chi connectivity index (χ0v) is 22.4. The van der Waals surface area contributed by atoms with Crippen molar-refractivity contribution in [2.75, 3.05) is 25.0 Å². The minimum atomic E-state index is -0.288. The Balaban J connectivity index is 1.38. The maximum atomic E-state index is 13.8. The molecule has 1 aliphatic heterocycles. The monoisotopic (exact) mass is 522 g/mol. The molecule has 1 N–H and O–H groups in total. The Hall–Kier alpha value is -4.52. The molecule has 200 valence electrons. The topological polar surface area (TPSA) is 66.8 Å². The first-order valence-electron chi connectivity index (χ1n) is 13.4. The molecule has 5 rings (SSSR count). The number of urea groups is 1. The number of hydrogen-bond acceptors (Lipinski definition) is 3. The number of aryl methyl sites for hydroxylation is 1. The molecule has 39 heavy (non-hydrogen) atoms. The zero-order chi connectivity index (χ0) is 27.2. The van der Waals surface area contributed by atoms with Gasteiger partial charge in [0.15, 0.2) is 0 Å². The van der Waals surface area contributed by atoms with E-state index in [4.69, 9.17) is 4.74 Å². The lowest BCUT2D eigenvalue weighted by Crippen LogP contribution is -2.48. The van der Waals surface area contributed by atoms with Gasteiger partial charge in [0.2, 0.25) is 5.91 Å². The minimum Gasteiger partial charge on any atom is -0.457 e. The number of carbonyl (C=O) groups is 2. The van der Waals surface area contributed by atoms with Gasteiger partial charge in [0.25, 0.3) is 0 Å². The molecule has 1 aliphatic rings. The fourth-order valence-electron chi connectivity index (χ4n) is 5.08. The molecule has 0 spiro atoms. The van der Waals surface area contributed by atoms with Crippen molar-refractivity contribution in [2.45, 2.75) is 32.9 Å². The Morgan fingerprint density at radius 3 is 2.51 bits per heavy atom. The Kier molecular flexibility index (Phi) is 7.96. The second kappa shape index (κ2) is 11.9. The number of carbonyl (C=O) groups excluding carboxylic acids is 2. The fraction of sp³-hybridized carbons (Fsp3) is 0.250. The highest BCUT2D eigenvalue weighted by Gasteiger charge is 2.33. The van der Waals surface area contributed by atoms with Crippen molar-refractivity contribution in [2.24, 2.45) is 0 Å². The van der Waals surface area contributed by atoms with E-state index in [1.807, 2.05) is 110 Å². The summed E-state index contributed by atoms with van der Waals surface area (Å²) in [6, 6.07) is 28.7. The summed E-state index contributed by atoms with van der Waals surface area (Å²) in [7, 11) is 0. The molecule has 1 unspecified atom stereocenters. The van der Waals surface area contributed by atoms with Gasteiger partial charge in [-0.15, -0.1) is 0 Å². The van der Waals surface area contributed by atoms with Crippen LogP contribution in [0.2, 0.25) is 0 Å². The molecule has 0 bridgehead atoms. The lowest BCUT2D eigenvalue weighted by Gasteiger charge is -2.38. The second-order valence-corrected chi connectivity index (χ2v) is 9.82. The summed E-state index contributed by atoms with van der Waals surface area (Å²) in [4.78, 5) is 30.5. The number of aromatic nitrogens is 1. The third-order valence-electron chi connectivity index (χ3n) is 6.89. The highest BCUT2D eigenvalue weighted by Crippen LogP contribution is 2.35. The number of benzene rings is 3. The average Bonchev–Trinajstić information content (AvgIpc) is 3.42. The van der Waals surface area contributed by atoms with Crippen LogP contribution in [0, 0.1) is 6.92 Å². The molecule has 0 aliphatic carbocycles. The molecule has 0 saturated heterocycles. The quantitative estimate of drug-likeness (QED) is 0.289. The molecular weight excluding hydrogens is 488 g/mol. The third-order valence-corrected chi connectivity index (χ3v) is 6.89. The summed E-state index contributed by atoms with van der Waals surface area (Å²) in [6.45, 7) is 5.73. The number of hydrogen-bond donors (Lipinski definition) is 1. The number of nitrogens with one attached hydrogen (secondary N) is 1. The van der Waals surface area contributed by atoms with E-state index in [1.165, 1.54) is 0 Å². The van der Waals surface area contributed by atoms with Crippen LogP contribution >= 0.6 is 0 Å². The van der Waals surface area contributed by atoms with Gasteiger partial charge in [0.1, 0.15) is 18.0 Å².